The molecule has 34 heavy (non-hydrogen) atoms. The summed E-state index contributed by atoms with van der Waals surface area (Å²) >= 11 is 0. The van der Waals surface area contributed by atoms with Crippen molar-refractivity contribution < 1.29 is 32.5 Å². The van der Waals surface area contributed by atoms with Gasteiger partial charge in [-0.2, -0.15) is 8.78 Å². The van der Waals surface area contributed by atoms with Gasteiger partial charge in [-0.3, -0.25) is 4.79 Å². The van der Waals surface area contributed by atoms with Crippen LogP contribution in [0.2, 0.25) is 0 Å². The molecule has 7 heteroatoms. The Bertz CT molecular complexity index is 1130. The summed E-state index contributed by atoms with van der Waals surface area (Å²) in [5, 5.41) is 0. The summed E-state index contributed by atoms with van der Waals surface area (Å²) in [6.45, 7) is 2.29. The molecule has 0 unspecified atom stereocenters. The third kappa shape index (κ3) is 7.33. The molecule has 3 rings (SSSR count). The van der Waals surface area contributed by atoms with Gasteiger partial charge in [0.15, 0.2) is 17.3 Å². The number of hydrogen-bond acceptors (Lipinski definition) is 5. The van der Waals surface area contributed by atoms with Crippen molar-refractivity contribution in [2.75, 3.05) is 13.2 Å². The highest BCUT2D eigenvalue weighted by molar-refractivity contribution is 6.07. The number of hydrogen-bond donors (Lipinski definition) is 0. The topological polar surface area (TPSA) is 54.0 Å². The fraction of sp³-hybridized carbons (Fsp3) is 0.222. The highest BCUT2D eigenvalue weighted by Crippen LogP contribution is 2.29. The van der Waals surface area contributed by atoms with E-state index in [0.29, 0.717) is 37.1 Å². The number of carbonyl (C=O) groups excluding carboxylic acids is 1. The lowest BCUT2D eigenvalue weighted by molar-refractivity contribution is -0.0498. The SMILES string of the molecule is CCOc1ccc(COc2cccc(/C=C/C(=O)c3cccc(OC(F)F)c3)c2)cc1OCC. The minimum atomic E-state index is -2.95. The van der Waals surface area contributed by atoms with E-state index in [1.54, 1.807) is 12.1 Å². The molecule has 0 aromatic heterocycles. The van der Waals surface area contributed by atoms with Crippen LogP contribution in [0.3, 0.4) is 0 Å². The molecule has 178 valence electrons. The van der Waals surface area contributed by atoms with Gasteiger partial charge in [0, 0.05) is 5.56 Å². The Morgan fingerprint density at radius 2 is 1.59 bits per heavy atom. The molecule has 0 amide bonds. The molecule has 3 aromatic carbocycles. The Balaban J connectivity index is 1.64. The summed E-state index contributed by atoms with van der Waals surface area (Å²) in [6, 6.07) is 18.6. The van der Waals surface area contributed by atoms with Crippen LogP contribution < -0.4 is 18.9 Å². The summed E-state index contributed by atoms with van der Waals surface area (Å²) < 4.78 is 46.3. The third-order valence-corrected chi connectivity index (χ3v) is 4.64. The maximum absolute atomic E-state index is 12.4. The molecule has 0 aliphatic rings. The summed E-state index contributed by atoms with van der Waals surface area (Å²) in [5.74, 6) is 1.60. The average molecular weight is 468 g/mol. The number of alkyl halides is 2. The largest absolute Gasteiger partial charge is 0.490 e. The Kier molecular flexibility index (Phi) is 9.03. The molecule has 0 N–H and O–H groups in total. The number of rotatable bonds is 12. The van der Waals surface area contributed by atoms with E-state index in [2.05, 4.69) is 4.74 Å². The van der Waals surface area contributed by atoms with Crippen molar-refractivity contribution in [3.05, 3.63) is 89.5 Å². The predicted molar refractivity (Wildman–Crippen MR) is 126 cm³/mol. The van der Waals surface area contributed by atoms with Crippen LogP contribution in [0.4, 0.5) is 8.78 Å². The van der Waals surface area contributed by atoms with E-state index >= 15 is 0 Å². The Labute approximate surface area is 197 Å². The third-order valence-electron chi connectivity index (χ3n) is 4.64. The van der Waals surface area contributed by atoms with Crippen LogP contribution >= 0.6 is 0 Å². The monoisotopic (exact) mass is 468 g/mol. The highest BCUT2D eigenvalue weighted by Gasteiger charge is 2.09. The maximum atomic E-state index is 12.4. The van der Waals surface area contributed by atoms with E-state index in [1.807, 2.05) is 50.2 Å². The first-order valence-corrected chi connectivity index (χ1v) is 10.9. The van der Waals surface area contributed by atoms with E-state index in [-0.39, 0.29) is 17.1 Å². The number of benzene rings is 3. The lowest BCUT2D eigenvalue weighted by Crippen LogP contribution is -2.03. The van der Waals surface area contributed by atoms with Crippen LogP contribution in [-0.4, -0.2) is 25.6 Å². The zero-order valence-electron chi connectivity index (χ0n) is 19.0. The van der Waals surface area contributed by atoms with Crippen molar-refractivity contribution in [2.45, 2.75) is 27.1 Å². The minimum absolute atomic E-state index is 0.0635. The minimum Gasteiger partial charge on any atom is -0.490 e. The first-order valence-electron chi connectivity index (χ1n) is 10.9. The Morgan fingerprint density at radius 1 is 0.853 bits per heavy atom. The summed E-state index contributed by atoms with van der Waals surface area (Å²) in [5.41, 5.74) is 1.93. The smallest absolute Gasteiger partial charge is 0.387 e. The standard InChI is InChI=1S/C27H26F2O5/c1-3-31-25-14-12-20(16-26(25)32-4-2)18-33-22-9-5-7-19(15-22)11-13-24(30)21-8-6-10-23(17-21)34-27(28)29/h5-17,27H,3-4,18H2,1-2H3/b13-11+. The van der Waals surface area contributed by atoms with Crippen molar-refractivity contribution >= 4 is 11.9 Å². The second-order valence-corrected chi connectivity index (χ2v) is 7.11. The fourth-order valence-electron chi connectivity index (χ4n) is 3.15. The van der Waals surface area contributed by atoms with Crippen LogP contribution in [0.5, 0.6) is 23.0 Å². The summed E-state index contributed by atoms with van der Waals surface area (Å²) in [4.78, 5) is 12.4. The van der Waals surface area contributed by atoms with Crippen molar-refractivity contribution in [2.24, 2.45) is 0 Å². The van der Waals surface area contributed by atoms with Crippen LogP contribution in [0.15, 0.2) is 72.8 Å². The molecule has 0 heterocycles. The number of carbonyl (C=O) groups is 1. The first-order chi connectivity index (χ1) is 16.5. The molecule has 0 bridgehead atoms. The summed E-state index contributed by atoms with van der Waals surface area (Å²) in [7, 11) is 0. The van der Waals surface area contributed by atoms with E-state index in [9.17, 15) is 13.6 Å². The number of halogens is 2. The maximum Gasteiger partial charge on any atom is 0.387 e. The van der Waals surface area contributed by atoms with Crippen LogP contribution in [0.25, 0.3) is 6.08 Å². The van der Waals surface area contributed by atoms with Crippen molar-refractivity contribution in [1.82, 2.24) is 0 Å². The molecule has 5 nitrogen and oxygen atoms in total. The van der Waals surface area contributed by atoms with Crippen molar-refractivity contribution in [3.63, 3.8) is 0 Å². The molecule has 0 radical (unpaired) electrons. The first kappa shape index (κ1) is 24.8. The van der Waals surface area contributed by atoms with Gasteiger partial charge >= 0.3 is 6.61 Å². The lowest BCUT2D eigenvalue weighted by Gasteiger charge is -2.13. The normalized spacial score (nSPS) is 11.0. The van der Waals surface area contributed by atoms with Gasteiger partial charge in [0.1, 0.15) is 18.1 Å². The van der Waals surface area contributed by atoms with Gasteiger partial charge in [-0.25, -0.2) is 0 Å². The molecule has 0 saturated carbocycles. The van der Waals surface area contributed by atoms with Crippen LogP contribution in [-0.2, 0) is 6.61 Å². The van der Waals surface area contributed by atoms with E-state index in [4.69, 9.17) is 14.2 Å². The van der Waals surface area contributed by atoms with Gasteiger partial charge < -0.3 is 18.9 Å². The van der Waals surface area contributed by atoms with Gasteiger partial charge in [0.2, 0.25) is 0 Å². The quantitative estimate of drug-likeness (QED) is 0.223. The number of allylic oxidation sites excluding steroid dienone is 1. The van der Waals surface area contributed by atoms with Gasteiger partial charge in [-0.05, 0) is 67.4 Å². The lowest BCUT2D eigenvalue weighted by atomic mass is 10.1. The molecule has 0 aliphatic carbocycles. The van der Waals surface area contributed by atoms with Gasteiger partial charge in [0.25, 0.3) is 0 Å². The molecular formula is C27H26F2O5. The van der Waals surface area contributed by atoms with Crippen LogP contribution in [0.1, 0.15) is 35.3 Å². The predicted octanol–water partition coefficient (Wildman–Crippen LogP) is 6.56. The number of ketones is 1. The van der Waals surface area contributed by atoms with Gasteiger partial charge in [0.05, 0.1) is 13.2 Å². The summed E-state index contributed by atoms with van der Waals surface area (Å²) in [6.07, 6.45) is 3.02. The molecule has 0 aliphatic heterocycles. The Morgan fingerprint density at radius 3 is 2.35 bits per heavy atom. The molecule has 0 spiro atoms. The van der Waals surface area contributed by atoms with E-state index < -0.39 is 6.61 Å². The molecule has 0 saturated heterocycles. The second kappa shape index (κ2) is 12.4. The molecule has 0 fully saturated rings. The zero-order chi connectivity index (χ0) is 24.3. The second-order valence-electron chi connectivity index (χ2n) is 7.11. The molecule has 3 aromatic rings. The van der Waals surface area contributed by atoms with Gasteiger partial charge in [-0.1, -0.05) is 36.4 Å². The van der Waals surface area contributed by atoms with Crippen molar-refractivity contribution in [1.29, 1.82) is 0 Å². The van der Waals surface area contributed by atoms with E-state index in [1.165, 1.54) is 30.3 Å². The fourth-order valence-corrected chi connectivity index (χ4v) is 3.15. The Hall–Kier alpha value is -3.87. The van der Waals surface area contributed by atoms with E-state index in [0.717, 1.165) is 11.1 Å². The molecule has 0 atom stereocenters. The zero-order valence-corrected chi connectivity index (χ0v) is 19.0. The van der Waals surface area contributed by atoms with Gasteiger partial charge in [-0.15, -0.1) is 0 Å². The van der Waals surface area contributed by atoms with Crippen LogP contribution in [0, 0.1) is 0 Å². The van der Waals surface area contributed by atoms with Crippen molar-refractivity contribution in [3.8, 4) is 23.0 Å². The highest BCUT2D eigenvalue weighted by atomic mass is 19.3. The number of ether oxygens (including phenoxy) is 4. The average Bonchev–Trinajstić information content (AvgIpc) is 2.83. The molecular weight excluding hydrogens is 442 g/mol.